The van der Waals surface area contributed by atoms with Gasteiger partial charge < -0.3 is 15.6 Å². The summed E-state index contributed by atoms with van der Waals surface area (Å²) < 4.78 is 5.01. The number of aromatic nitrogens is 3. The first kappa shape index (κ1) is 14.8. The van der Waals surface area contributed by atoms with E-state index in [4.69, 9.17) is 10.3 Å². The van der Waals surface area contributed by atoms with Gasteiger partial charge in [-0.3, -0.25) is 14.8 Å². The van der Waals surface area contributed by atoms with Crippen LogP contribution < -0.4 is 11.1 Å². The highest BCUT2D eigenvalue weighted by atomic mass is 16.5. The Morgan fingerprint density at radius 2 is 1.84 bits per heavy atom. The molecule has 3 aromatic heterocycles. The van der Waals surface area contributed by atoms with Crippen LogP contribution in [0.4, 0.5) is 11.6 Å². The maximum atomic E-state index is 12.8. The fourth-order valence-corrected chi connectivity index (χ4v) is 2.59. The second-order valence-electron chi connectivity index (χ2n) is 5.32. The maximum absolute atomic E-state index is 12.8. The standard InChI is InChI=1S/C18H13N5O2/c19-17-14(16(23-25-17)12-7-1-2-9-20-12)18(24)22-13-8-3-5-11-6-4-10-21-15(11)13/h1-10H,19H2,(H,22,24). The Bertz CT molecular complexity index is 1050. The molecule has 0 aliphatic carbocycles. The lowest BCUT2D eigenvalue weighted by Crippen LogP contribution is -2.14. The summed E-state index contributed by atoms with van der Waals surface area (Å²) in [6.07, 6.45) is 3.28. The van der Waals surface area contributed by atoms with Gasteiger partial charge in [0, 0.05) is 17.8 Å². The molecule has 7 nitrogen and oxygen atoms in total. The van der Waals surface area contributed by atoms with Gasteiger partial charge in [0.2, 0.25) is 5.88 Å². The van der Waals surface area contributed by atoms with Crippen molar-refractivity contribution in [2.24, 2.45) is 0 Å². The third kappa shape index (κ3) is 2.67. The van der Waals surface area contributed by atoms with Gasteiger partial charge >= 0.3 is 0 Å². The second-order valence-corrected chi connectivity index (χ2v) is 5.32. The highest BCUT2D eigenvalue weighted by Gasteiger charge is 2.23. The molecular formula is C18H13N5O2. The lowest BCUT2D eigenvalue weighted by molar-refractivity contribution is 0.102. The largest absolute Gasteiger partial charge is 0.367 e. The number of nitrogens with zero attached hydrogens (tertiary/aromatic N) is 3. The van der Waals surface area contributed by atoms with Gasteiger partial charge in [0.25, 0.3) is 5.91 Å². The van der Waals surface area contributed by atoms with E-state index in [1.807, 2.05) is 24.3 Å². The molecular weight excluding hydrogens is 318 g/mol. The van der Waals surface area contributed by atoms with E-state index in [0.29, 0.717) is 22.6 Å². The first-order chi connectivity index (χ1) is 12.2. The molecule has 0 bridgehead atoms. The van der Waals surface area contributed by atoms with Crippen molar-refractivity contribution in [1.82, 2.24) is 15.1 Å². The minimum absolute atomic E-state index is 0.0636. The van der Waals surface area contributed by atoms with Gasteiger partial charge in [0.15, 0.2) is 0 Å². The number of nitrogens with one attached hydrogen (secondary N) is 1. The molecule has 0 aliphatic heterocycles. The van der Waals surface area contributed by atoms with Gasteiger partial charge in [0.05, 0.1) is 16.9 Å². The van der Waals surface area contributed by atoms with Gasteiger partial charge in [0.1, 0.15) is 11.3 Å². The van der Waals surface area contributed by atoms with Crippen molar-refractivity contribution < 1.29 is 9.32 Å². The van der Waals surface area contributed by atoms with Crippen LogP contribution in [0.25, 0.3) is 22.3 Å². The average molecular weight is 331 g/mol. The first-order valence-electron chi connectivity index (χ1n) is 7.55. The lowest BCUT2D eigenvalue weighted by atomic mass is 10.1. The van der Waals surface area contributed by atoms with Crippen LogP contribution in [-0.4, -0.2) is 21.0 Å². The third-order valence-corrected chi connectivity index (χ3v) is 3.73. The molecule has 0 saturated heterocycles. The van der Waals surface area contributed by atoms with Crippen LogP contribution in [0.15, 0.2) is 65.4 Å². The Balaban J connectivity index is 1.74. The Hall–Kier alpha value is -3.74. The number of carbonyl (C=O) groups excluding carboxylic acids is 1. The summed E-state index contributed by atoms with van der Waals surface area (Å²) in [6.45, 7) is 0. The Morgan fingerprint density at radius 1 is 1.00 bits per heavy atom. The zero-order chi connectivity index (χ0) is 17.2. The smallest absolute Gasteiger partial charge is 0.263 e. The van der Waals surface area contributed by atoms with Gasteiger partial charge in [-0.15, -0.1) is 0 Å². The van der Waals surface area contributed by atoms with Gasteiger partial charge in [-0.25, -0.2) is 0 Å². The SMILES string of the molecule is Nc1onc(-c2ccccn2)c1C(=O)Nc1cccc2cccnc12. The van der Waals surface area contributed by atoms with Crippen LogP contribution in [0.3, 0.4) is 0 Å². The zero-order valence-electron chi connectivity index (χ0n) is 13.0. The lowest BCUT2D eigenvalue weighted by Gasteiger charge is -2.08. The van der Waals surface area contributed by atoms with E-state index in [2.05, 4.69) is 20.4 Å². The molecule has 4 aromatic rings. The minimum Gasteiger partial charge on any atom is -0.367 e. The number of fused-ring (bicyclic) bond motifs is 1. The molecule has 3 N–H and O–H groups in total. The summed E-state index contributed by atoms with van der Waals surface area (Å²) in [5.41, 5.74) is 8.02. The molecule has 0 atom stereocenters. The number of nitrogens with two attached hydrogens (primary N) is 1. The number of rotatable bonds is 3. The van der Waals surface area contributed by atoms with E-state index in [0.717, 1.165) is 5.39 Å². The number of hydrogen-bond donors (Lipinski definition) is 2. The number of hydrogen-bond acceptors (Lipinski definition) is 6. The molecule has 0 unspecified atom stereocenters. The van der Waals surface area contributed by atoms with Crippen LogP contribution in [0, 0.1) is 0 Å². The van der Waals surface area contributed by atoms with Crippen molar-refractivity contribution in [3.05, 3.63) is 66.5 Å². The molecule has 4 rings (SSSR count). The Labute approximate surface area is 142 Å². The van der Waals surface area contributed by atoms with Crippen molar-refractivity contribution in [1.29, 1.82) is 0 Å². The maximum Gasteiger partial charge on any atom is 0.263 e. The molecule has 25 heavy (non-hydrogen) atoms. The van der Waals surface area contributed by atoms with Crippen molar-refractivity contribution in [3.8, 4) is 11.4 Å². The normalized spacial score (nSPS) is 10.7. The highest BCUT2D eigenvalue weighted by Crippen LogP contribution is 2.28. The van der Waals surface area contributed by atoms with E-state index in [1.165, 1.54) is 0 Å². The topological polar surface area (TPSA) is 107 Å². The van der Waals surface area contributed by atoms with E-state index < -0.39 is 5.91 Å². The molecule has 122 valence electrons. The van der Waals surface area contributed by atoms with Crippen LogP contribution in [0.2, 0.25) is 0 Å². The molecule has 7 heteroatoms. The fourth-order valence-electron chi connectivity index (χ4n) is 2.59. The summed E-state index contributed by atoms with van der Waals surface area (Å²) in [5, 5.41) is 7.62. The predicted octanol–water partition coefficient (Wildman–Crippen LogP) is 3.12. The highest BCUT2D eigenvalue weighted by molar-refractivity contribution is 6.13. The van der Waals surface area contributed by atoms with Gasteiger partial charge in [-0.05, 0) is 24.3 Å². The van der Waals surface area contributed by atoms with E-state index in [-0.39, 0.29) is 11.4 Å². The molecule has 0 fully saturated rings. The number of carbonyl (C=O) groups is 1. The van der Waals surface area contributed by atoms with Gasteiger partial charge in [-0.1, -0.05) is 29.4 Å². The molecule has 0 spiro atoms. The minimum atomic E-state index is -0.433. The van der Waals surface area contributed by atoms with Crippen LogP contribution in [0.1, 0.15) is 10.4 Å². The number of anilines is 2. The Morgan fingerprint density at radius 3 is 2.68 bits per heavy atom. The quantitative estimate of drug-likeness (QED) is 0.597. The molecule has 1 aromatic carbocycles. The fraction of sp³-hybridized carbons (Fsp3) is 0. The average Bonchev–Trinajstić information content (AvgIpc) is 3.04. The number of nitrogen functional groups attached to an aromatic ring is 1. The van der Waals surface area contributed by atoms with Crippen molar-refractivity contribution in [3.63, 3.8) is 0 Å². The monoisotopic (exact) mass is 331 g/mol. The van der Waals surface area contributed by atoms with E-state index >= 15 is 0 Å². The van der Waals surface area contributed by atoms with E-state index in [1.54, 1.807) is 36.7 Å². The van der Waals surface area contributed by atoms with Gasteiger partial charge in [-0.2, -0.15) is 0 Å². The molecule has 0 radical (unpaired) electrons. The summed E-state index contributed by atoms with van der Waals surface area (Å²) in [4.78, 5) is 21.3. The molecule has 0 aliphatic rings. The molecule has 0 saturated carbocycles. The number of para-hydroxylation sites is 1. The van der Waals surface area contributed by atoms with Crippen molar-refractivity contribution in [2.45, 2.75) is 0 Å². The summed E-state index contributed by atoms with van der Waals surface area (Å²) >= 11 is 0. The third-order valence-electron chi connectivity index (χ3n) is 3.73. The summed E-state index contributed by atoms with van der Waals surface area (Å²) in [5.74, 6) is -0.496. The van der Waals surface area contributed by atoms with Crippen molar-refractivity contribution in [2.75, 3.05) is 11.1 Å². The van der Waals surface area contributed by atoms with E-state index in [9.17, 15) is 4.79 Å². The first-order valence-corrected chi connectivity index (χ1v) is 7.55. The molecule has 3 heterocycles. The number of benzene rings is 1. The summed E-state index contributed by atoms with van der Waals surface area (Å²) in [7, 11) is 0. The zero-order valence-corrected chi connectivity index (χ0v) is 13.0. The second kappa shape index (κ2) is 6.04. The summed E-state index contributed by atoms with van der Waals surface area (Å²) in [6, 6.07) is 14.6. The van der Waals surface area contributed by atoms with Crippen LogP contribution in [-0.2, 0) is 0 Å². The number of pyridine rings is 2. The van der Waals surface area contributed by atoms with Crippen molar-refractivity contribution >= 4 is 28.4 Å². The Kier molecular flexibility index (Phi) is 3.59. The molecule has 1 amide bonds. The predicted molar refractivity (Wildman–Crippen MR) is 93.8 cm³/mol. The van der Waals surface area contributed by atoms with Crippen LogP contribution in [0.5, 0.6) is 0 Å². The van der Waals surface area contributed by atoms with Crippen LogP contribution >= 0.6 is 0 Å². The number of amides is 1.